The SMILES string of the molecule is COCCn1cc(-c2ccc(-c3cnc(C(=O)Nc4ccc(C(=O)N5CCNCC5)c(Cl)c4)n3C)c(F)c2F)c(C)n1. The molecule has 2 N–H and O–H groups in total. The van der Waals surface area contributed by atoms with Gasteiger partial charge in [-0.3, -0.25) is 14.3 Å². The molecule has 1 saturated heterocycles. The van der Waals surface area contributed by atoms with Gasteiger partial charge in [-0.1, -0.05) is 17.7 Å². The van der Waals surface area contributed by atoms with Crippen LogP contribution in [0.2, 0.25) is 5.02 Å². The van der Waals surface area contributed by atoms with Crippen LogP contribution in [0.25, 0.3) is 22.4 Å². The fourth-order valence-electron chi connectivity index (χ4n) is 4.90. The molecule has 0 bridgehead atoms. The van der Waals surface area contributed by atoms with Gasteiger partial charge in [0, 0.05) is 68.9 Å². The van der Waals surface area contributed by atoms with Crippen molar-refractivity contribution < 1.29 is 23.1 Å². The topological polar surface area (TPSA) is 106 Å². The van der Waals surface area contributed by atoms with Crippen molar-refractivity contribution in [1.29, 1.82) is 0 Å². The number of carbonyl (C=O) groups is 2. The van der Waals surface area contributed by atoms with Crippen LogP contribution in [-0.4, -0.2) is 75.9 Å². The zero-order valence-corrected chi connectivity index (χ0v) is 24.1. The van der Waals surface area contributed by atoms with Gasteiger partial charge in [0.05, 0.1) is 41.3 Å². The predicted molar refractivity (Wildman–Crippen MR) is 155 cm³/mol. The molecule has 0 atom stereocenters. The van der Waals surface area contributed by atoms with Gasteiger partial charge in [0.25, 0.3) is 11.8 Å². The predicted octanol–water partition coefficient (Wildman–Crippen LogP) is 4.13. The summed E-state index contributed by atoms with van der Waals surface area (Å²) >= 11 is 6.39. The average Bonchev–Trinajstić information content (AvgIpc) is 3.55. The zero-order valence-electron chi connectivity index (χ0n) is 23.4. The number of halogens is 3. The number of benzene rings is 2. The highest BCUT2D eigenvalue weighted by Gasteiger charge is 2.24. The number of amides is 2. The summed E-state index contributed by atoms with van der Waals surface area (Å²) in [4.78, 5) is 31.7. The molecule has 4 aromatic rings. The number of nitrogens with zero attached hydrogens (tertiary/aromatic N) is 5. The van der Waals surface area contributed by atoms with Gasteiger partial charge in [0.1, 0.15) is 0 Å². The van der Waals surface area contributed by atoms with Gasteiger partial charge in [-0.05, 0) is 31.2 Å². The molecule has 0 aliphatic carbocycles. The fraction of sp³-hybridized carbons (Fsp3) is 0.310. The molecule has 2 amide bonds. The number of rotatable bonds is 8. The Morgan fingerprint density at radius 2 is 1.81 bits per heavy atom. The number of aromatic nitrogens is 4. The van der Waals surface area contributed by atoms with Crippen LogP contribution in [0.5, 0.6) is 0 Å². The van der Waals surface area contributed by atoms with Gasteiger partial charge in [-0.25, -0.2) is 13.8 Å². The maximum Gasteiger partial charge on any atom is 0.291 e. The molecule has 42 heavy (non-hydrogen) atoms. The number of nitrogens with one attached hydrogen (secondary N) is 2. The molecule has 0 unspecified atom stereocenters. The third-order valence-electron chi connectivity index (χ3n) is 7.17. The summed E-state index contributed by atoms with van der Waals surface area (Å²) in [6.07, 6.45) is 2.96. The molecule has 5 rings (SSSR count). The second-order valence-electron chi connectivity index (χ2n) is 9.89. The molecule has 1 fully saturated rings. The second kappa shape index (κ2) is 12.4. The van der Waals surface area contributed by atoms with Crippen LogP contribution < -0.4 is 10.6 Å². The molecule has 0 saturated carbocycles. The minimum Gasteiger partial charge on any atom is -0.383 e. The number of aryl methyl sites for hydroxylation is 1. The normalized spacial score (nSPS) is 13.4. The van der Waals surface area contributed by atoms with E-state index in [1.807, 2.05) is 0 Å². The summed E-state index contributed by atoms with van der Waals surface area (Å²) in [6, 6.07) is 7.57. The lowest BCUT2D eigenvalue weighted by molar-refractivity contribution is 0.0736. The van der Waals surface area contributed by atoms with Crippen molar-refractivity contribution in [3.63, 3.8) is 0 Å². The Hall–Kier alpha value is -4.13. The van der Waals surface area contributed by atoms with E-state index in [9.17, 15) is 9.59 Å². The first-order valence-electron chi connectivity index (χ1n) is 13.3. The molecule has 1 aliphatic rings. The average molecular weight is 598 g/mol. The molecule has 13 heteroatoms. The van der Waals surface area contributed by atoms with Gasteiger partial charge in [0.15, 0.2) is 17.5 Å². The van der Waals surface area contributed by atoms with Crippen LogP contribution in [0.4, 0.5) is 14.5 Å². The van der Waals surface area contributed by atoms with Crippen LogP contribution in [-0.2, 0) is 18.3 Å². The van der Waals surface area contributed by atoms with Crippen molar-refractivity contribution in [2.45, 2.75) is 13.5 Å². The quantitative estimate of drug-likeness (QED) is 0.316. The summed E-state index contributed by atoms with van der Waals surface area (Å²) < 4.78 is 38.8. The van der Waals surface area contributed by atoms with E-state index < -0.39 is 17.5 Å². The molecule has 220 valence electrons. The van der Waals surface area contributed by atoms with Crippen LogP contribution >= 0.6 is 11.6 Å². The molecule has 0 radical (unpaired) electrons. The number of anilines is 1. The Bertz CT molecular complexity index is 1650. The van der Waals surface area contributed by atoms with Crippen molar-refractivity contribution in [3.05, 3.63) is 76.5 Å². The standard InChI is InChI=1S/C29H30ClF2N7O3/c1-17-22(16-39(36-17)12-13-42-3)19-6-7-21(26(32)25(19)31)24-15-34-27(37(24)2)28(40)35-18-4-5-20(23(30)14-18)29(41)38-10-8-33-9-11-38/h4-7,14-16,33H,8-13H2,1-3H3,(H,35,40). The number of piperazine rings is 1. The van der Waals surface area contributed by atoms with Crippen LogP contribution in [0.3, 0.4) is 0 Å². The second-order valence-corrected chi connectivity index (χ2v) is 10.3. The molecule has 0 spiro atoms. The number of imidazole rings is 1. The fourth-order valence-corrected chi connectivity index (χ4v) is 5.16. The summed E-state index contributed by atoms with van der Waals surface area (Å²) in [6.45, 7) is 5.23. The van der Waals surface area contributed by atoms with E-state index in [-0.39, 0.29) is 33.6 Å². The minimum atomic E-state index is -1.07. The molecule has 10 nitrogen and oxygen atoms in total. The van der Waals surface area contributed by atoms with E-state index in [1.54, 1.807) is 41.9 Å². The van der Waals surface area contributed by atoms with E-state index in [4.69, 9.17) is 16.3 Å². The van der Waals surface area contributed by atoms with Gasteiger partial charge in [-0.2, -0.15) is 5.10 Å². The third kappa shape index (κ3) is 5.78. The van der Waals surface area contributed by atoms with Crippen molar-refractivity contribution >= 4 is 29.1 Å². The Labute approximate surface area is 246 Å². The van der Waals surface area contributed by atoms with Crippen molar-refractivity contribution in [3.8, 4) is 22.4 Å². The van der Waals surface area contributed by atoms with Gasteiger partial charge in [-0.15, -0.1) is 0 Å². The van der Waals surface area contributed by atoms with Gasteiger partial charge in [0.2, 0.25) is 0 Å². The number of carbonyl (C=O) groups excluding carboxylic acids is 2. The third-order valence-corrected chi connectivity index (χ3v) is 7.48. The first-order valence-corrected chi connectivity index (χ1v) is 13.7. The van der Waals surface area contributed by atoms with E-state index in [0.29, 0.717) is 61.8 Å². The number of methoxy groups -OCH3 is 1. The Balaban J connectivity index is 1.34. The van der Waals surface area contributed by atoms with Crippen molar-refractivity contribution in [2.75, 3.05) is 45.2 Å². The molecule has 2 aromatic heterocycles. The molecular weight excluding hydrogens is 568 g/mol. The maximum absolute atomic E-state index is 15.4. The lowest BCUT2D eigenvalue weighted by Gasteiger charge is -2.27. The minimum absolute atomic E-state index is 0.0266. The number of hydrogen-bond donors (Lipinski definition) is 2. The van der Waals surface area contributed by atoms with Gasteiger partial charge >= 0.3 is 0 Å². The molecule has 3 heterocycles. The van der Waals surface area contributed by atoms with Crippen molar-refractivity contribution in [1.82, 2.24) is 29.5 Å². The van der Waals surface area contributed by atoms with Crippen LogP contribution in [0, 0.1) is 18.6 Å². The summed E-state index contributed by atoms with van der Waals surface area (Å²) in [5.41, 5.74) is 1.97. The Morgan fingerprint density at radius 1 is 1.10 bits per heavy atom. The highest BCUT2D eigenvalue weighted by atomic mass is 35.5. The highest BCUT2D eigenvalue weighted by molar-refractivity contribution is 6.34. The van der Waals surface area contributed by atoms with Gasteiger partial charge < -0.3 is 24.8 Å². The van der Waals surface area contributed by atoms with E-state index in [1.165, 1.54) is 36.0 Å². The summed E-state index contributed by atoms with van der Waals surface area (Å²) in [5, 5.41) is 10.4. The molecule has 2 aromatic carbocycles. The molecular formula is C29H30ClF2N7O3. The lowest BCUT2D eigenvalue weighted by Crippen LogP contribution is -2.46. The molecule has 1 aliphatic heterocycles. The zero-order chi connectivity index (χ0) is 30.0. The maximum atomic E-state index is 15.4. The van der Waals surface area contributed by atoms with E-state index >= 15 is 8.78 Å². The monoisotopic (exact) mass is 597 g/mol. The van der Waals surface area contributed by atoms with Crippen molar-refractivity contribution in [2.24, 2.45) is 7.05 Å². The smallest absolute Gasteiger partial charge is 0.291 e. The first kappa shape index (κ1) is 29.4. The lowest BCUT2D eigenvalue weighted by atomic mass is 10.0. The van der Waals surface area contributed by atoms with Crippen LogP contribution in [0.1, 0.15) is 26.7 Å². The highest BCUT2D eigenvalue weighted by Crippen LogP contribution is 2.33. The number of ether oxygens (including phenoxy) is 1. The van der Waals surface area contributed by atoms with E-state index in [2.05, 4.69) is 20.7 Å². The Morgan fingerprint density at radius 3 is 2.52 bits per heavy atom. The largest absolute Gasteiger partial charge is 0.383 e. The van der Waals surface area contributed by atoms with E-state index in [0.717, 1.165) is 0 Å². The summed E-state index contributed by atoms with van der Waals surface area (Å²) in [7, 11) is 3.11. The number of hydrogen-bond acceptors (Lipinski definition) is 6. The summed E-state index contributed by atoms with van der Waals surface area (Å²) in [5.74, 6) is -2.88. The van der Waals surface area contributed by atoms with Crippen LogP contribution in [0.15, 0.2) is 42.7 Å². The Kier molecular flexibility index (Phi) is 8.66. The first-order chi connectivity index (χ1) is 20.2.